The monoisotopic (exact) mass is 267 g/mol. The maximum absolute atomic E-state index is 12.9. The van der Waals surface area contributed by atoms with E-state index in [2.05, 4.69) is 4.90 Å². The summed E-state index contributed by atoms with van der Waals surface area (Å²) >= 11 is 0. The lowest BCUT2D eigenvalue weighted by Gasteiger charge is -2.29. The molecule has 0 spiro atoms. The summed E-state index contributed by atoms with van der Waals surface area (Å²) in [6.07, 6.45) is 0. The topological polar surface area (TPSA) is 38.8 Å². The van der Waals surface area contributed by atoms with Gasteiger partial charge in [-0.05, 0) is 17.7 Å². The zero-order valence-corrected chi connectivity index (χ0v) is 11.0. The van der Waals surface area contributed by atoms with E-state index in [0.29, 0.717) is 19.8 Å². The molecule has 0 aromatic heterocycles. The second kappa shape index (κ2) is 6.63. The molecule has 0 saturated carbocycles. The van der Waals surface area contributed by atoms with Crippen molar-refractivity contribution in [1.29, 1.82) is 0 Å². The summed E-state index contributed by atoms with van der Waals surface area (Å²) in [5.74, 6) is -0.986. The minimum atomic E-state index is -0.385. The highest BCUT2D eigenvalue weighted by Gasteiger charge is 2.25. The molecule has 1 heterocycles. The number of rotatable bonds is 4. The van der Waals surface area contributed by atoms with Crippen LogP contribution in [-0.4, -0.2) is 50.8 Å². The Bertz CT molecular complexity index is 415. The molecule has 5 heteroatoms. The zero-order chi connectivity index (χ0) is 13.7. The molecule has 0 radical (unpaired) electrons. The van der Waals surface area contributed by atoms with Gasteiger partial charge in [-0.15, -0.1) is 0 Å². The van der Waals surface area contributed by atoms with Gasteiger partial charge in [0.15, 0.2) is 0 Å². The van der Waals surface area contributed by atoms with Crippen molar-refractivity contribution in [2.75, 3.05) is 40.0 Å². The molecule has 1 unspecified atom stereocenters. The van der Waals surface area contributed by atoms with Crippen LogP contribution in [0.15, 0.2) is 24.3 Å². The molecule has 1 atom stereocenters. The van der Waals surface area contributed by atoms with E-state index in [-0.39, 0.29) is 17.7 Å². The average Bonchev–Trinajstić information content (AvgIpc) is 2.46. The van der Waals surface area contributed by atoms with Gasteiger partial charge in [-0.1, -0.05) is 12.1 Å². The lowest BCUT2D eigenvalue weighted by Crippen LogP contribution is -2.40. The predicted molar refractivity (Wildman–Crippen MR) is 68.4 cm³/mol. The van der Waals surface area contributed by atoms with E-state index in [0.717, 1.165) is 18.7 Å². The maximum atomic E-state index is 12.9. The largest absolute Gasteiger partial charge is 0.469 e. The first-order valence-electron chi connectivity index (χ1n) is 6.34. The number of halogens is 1. The van der Waals surface area contributed by atoms with E-state index < -0.39 is 0 Å². The van der Waals surface area contributed by atoms with Gasteiger partial charge in [0, 0.05) is 19.6 Å². The van der Waals surface area contributed by atoms with E-state index in [1.165, 1.54) is 19.2 Å². The molecule has 2 rings (SSSR count). The Morgan fingerprint density at radius 2 is 2.00 bits per heavy atom. The van der Waals surface area contributed by atoms with Gasteiger partial charge < -0.3 is 9.47 Å². The molecular weight excluding hydrogens is 249 g/mol. The van der Waals surface area contributed by atoms with E-state index in [9.17, 15) is 9.18 Å². The van der Waals surface area contributed by atoms with Crippen molar-refractivity contribution in [2.24, 2.45) is 0 Å². The Balaban J connectivity index is 2.10. The Labute approximate surface area is 112 Å². The van der Waals surface area contributed by atoms with E-state index in [4.69, 9.17) is 9.47 Å². The van der Waals surface area contributed by atoms with Crippen LogP contribution in [0.3, 0.4) is 0 Å². The van der Waals surface area contributed by atoms with Gasteiger partial charge in [-0.25, -0.2) is 4.39 Å². The average molecular weight is 267 g/mol. The number of esters is 1. The molecule has 0 N–H and O–H groups in total. The molecule has 1 aliphatic rings. The fourth-order valence-corrected chi connectivity index (χ4v) is 2.20. The van der Waals surface area contributed by atoms with Crippen LogP contribution >= 0.6 is 0 Å². The molecule has 1 saturated heterocycles. The third-order valence-electron chi connectivity index (χ3n) is 3.30. The summed E-state index contributed by atoms with van der Waals surface area (Å²) in [5, 5.41) is 0. The SMILES string of the molecule is COC(=O)C(CN1CCOCC1)c1ccc(F)cc1. The van der Waals surface area contributed by atoms with Crippen molar-refractivity contribution in [1.82, 2.24) is 4.90 Å². The molecular formula is C14H18FNO3. The van der Waals surface area contributed by atoms with Crippen LogP contribution in [0.1, 0.15) is 11.5 Å². The first-order chi connectivity index (χ1) is 9.20. The Morgan fingerprint density at radius 1 is 1.37 bits per heavy atom. The Morgan fingerprint density at radius 3 is 2.58 bits per heavy atom. The summed E-state index contributed by atoms with van der Waals surface area (Å²) in [7, 11) is 1.37. The fourth-order valence-electron chi connectivity index (χ4n) is 2.20. The molecule has 1 aromatic rings. The number of carbonyl (C=O) groups is 1. The van der Waals surface area contributed by atoms with E-state index in [1.807, 2.05) is 0 Å². The van der Waals surface area contributed by atoms with Crippen LogP contribution in [0, 0.1) is 5.82 Å². The number of hydrogen-bond donors (Lipinski definition) is 0. The minimum absolute atomic E-state index is 0.293. The van der Waals surface area contributed by atoms with Gasteiger partial charge in [0.2, 0.25) is 0 Å². The standard InChI is InChI=1S/C14H18FNO3/c1-18-14(17)13(10-16-6-8-19-9-7-16)11-2-4-12(15)5-3-11/h2-5,13H,6-10H2,1H3. The second-order valence-electron chi connectivity index (χ2n) is 4.54. The highest BCUT2D eigenvalue weighted by Crippen LogP contribution is 2.20. The first kappa shape index (κ1) is 14.0. The summed E-state index contributed by atoms with van der Waals surface area (Å²) < 4.78 is 23.1. The van der Waals surface area contributed by atoms with Gasteiger partial charge in [-0.2, -0.15) is 0 Å². The number of nitrogens with zero attached hydrogens (tertiary/aromatic N) is 1. The van der Waals surface area contributed by atoms with Gasteiger partial charge in [0.1, 0.15) is 5.82 Å². The minimum Gasteiger partial charge on any atom is -0.469 e. The van der Waals surface area contributed by atoms with Gasteiger partial charge in [0.05, 0.1) is 26.2 Å². The lowest BCUT2D eigenvalue weighted by molar-refractivity contribution is -0.143. The smallest absolute Gasteiger partial charge is 0.314 e. The number of methoxy groups -OCH3 is 1. The third kappa shape index (κ3) is 3.75. The molecule has 104 valence electrons. The summed E-state index contributed by atoms with van der Waals surface area (Å²) in [5.41, 5.74) is 0.778. The summed E-state index contributed by atoms with van der Waals surface area (Å²) in [4.78, 5) is 14.1. The molecule has 19 heavy (non-hydrogen) atoms. The van der Waals surface area contributed by atoms with Gasteiger partial charge in [0.25, 0.3) is 0 Å². The van der Waals surface area contributed by atoms with Crippen LogP contribution in [0.2, 0.25) is 0 Å². The molecule has 1 fully saturated rings. The number of benzene rings is 1. The highest BCUT2D eigenvalue weighted by atomic mass is 19.1. The second-order valence-corrected chi connectivity index (χ2v) is 4.54. The predicted octanol–water partition coefficient (Wildman–Crippen LogP) is 1.41. The molecule has 0 amide bonds. The van der Waals surface area contributed by atoms with E-state index >= 15 is 0 Å². The van der Waals surface area contributed by atoms with Gasteiger partial charge in [-0.3, -0.25) is 9.69 Å². The number of morpholine rings is 1. The number of ether oxygens (including phenoxy) is 2. The third-order valence-corrected chi connectivity index (χ3v) is 3.30. The van der Waals surface area contributed by atoms with Crippen molar-refractivity contribution in [3.63, 3.8) is 0 Å². The van der Waals surface area contributed by atoms with Crippen LogP contribution < -0.4 is 0 Å². The van der Waals surface area contributed by atoms with Crippen LogP contribution in [-0.2, 0) is 14.3 Å². The molecule has 1 aliphatic heterocycles. The summed E-state index contributed by atoms with van der Waals surface area (Å²) in [6.45, 7) is 3.53. The quantitative estimate of drug-likeness (QED) is 0.773. The van der Waals surface area contributed by atoms with Crippen molar-refractivity contribution < 1.29 is 18.7 Å². The molecule has 0 aliphatic carbocycles. The normalized spacial score (nSPS) is 18.0. The van der Waals surface area contributed by atoms with Crippen molar-refractivity contribution >= 4 is 5.97 Å². The molecule has 1 aromatic carbocycles. The highest BCUT2D eigenvalue weighted by molar-refractivity contribution is 5.78. The first-order valence-corrected chi connectivity index (χ1v) is 6.34. The number of carbonyl (C=O) groups excluding carboxylic acids is 1. The molecule has 4 nitrogen and oxygen atoms in total. The zero-order valence-electron chi connectivity index (χ0n) is 11.0. The molecule has 0 bridgehead atoms. The van der Waals surface area contributed by atoms with Crippen LogP contribution in [0.4, 0.5) is 4.39 Å². The Hall–Kier alpha value is -1.46. The van der Waals surface area contributed by atoms with Crippen LogP contribution in [0.25, 0.3) is 0 Å². The number of hydrogen-bond acceptors (Lipinski definition) is 4. The summed E-state index contributed by atoms with van der Waals surface area (Å²) in [6, 6.07) is 6.00. The van der Waals surface area contributed by atoms with Gasteiger partial charge >= 0.3 is 5.97 Å². The van der Waals surface area contributed by atoms with Crippen molar-refractivity contribution in [3.8, 4) is 0 Å². The Kier molecular flexibility index (Phi) is 4.87. The lowest BCUT2D eigenvalue weighted by atomic mass is 9.98. The van der Waals surface area contributed by atoms with Crippen molar-refractivity contribution in [3.05, 3.63) is 35.6 Å². The van der Waals surface area contributed by atoms with E-state index in [1.54, 1.807) is 12.1 Å². The van der Waals surface area contributed by atoms with Crippen molar-refractivity contribution in [2.45, 2.75) is 5.92 Å². The van der Waals surface area contributed by atoms with Crippen LogP contribution in [0.5, 0.6) is 0 Å². The fraction of sp³-hybridized carbons (Fsp3) is 0.500. The maximum Gasteiger partial charge on any atom is 0.314 e.